The molecule has 0 aliphatic carbocycles. The summed E-state index contributed by atoms with van der Waals surface area (Å²) < 4.78 is 22.4. The van der Waals surface area contributed by atoms with E-state index in [1.165, 1.54) is 0 Å². The van der Waals surface area contributed by atoms with Crippen molar-refractivity contribution >= 4 is 0 Å². The molecule has 1 unspecified atom stereocenters. The van der Waals surface area contributed by atoms with Crippen LogP contribution in [-0.4, -0.2) is 37.6 Å². The van der Waals surface area contributed by atoms with E-state index in [0.717, 1.165) is 29.7 Å². The minimum absolute atomic E-state index is 0.237. The largest absolute Gasteiger partial charge is 0.497 e. The van der Waals surface area contributed by atoms with Gasteiger partial charge in [0, 0.05) is 12.2 Å². The number of aliphatic hydroxyl groups is 1. The molecule has 1 aliphatic heterocycles. The Labute approximate surface area is 154 Å². The molecule has 1 saturated heterocycles. The molecular weight excluding hydrogens is 332 g/mol. The first-order valence-corrected chi connectivity index (χ1v) is 8.97. The third kappa shape index (κ3) is 5.29. The van der Waals surface area contributed by atoms with Gasteiger partial charge in [0.15, 0.2) is 6.29 Å². The zero-order valence-corrected chi connectivity index (χ0v) is 15.0. The number of hydrogen-bond donors (Lipinski definition) is 1. The van der Waals surface area contributed by atoms with Gasteiger partial charge in [-0.25, -0.2) is 0 Å². The number of aliphatic hydroxyl groups excluding tert-OH is 1. The third-order valence-electron chi connectivity index (χ3n) is 4.42. The highest BCUT2D eigenvalue weighted by Crippen LogP contribution is 2.28. The molecule has 0 bridgehead atoms. The molecule has 0 saturated carbocycles. The van der Waals surface area contributed by atoms with Crippen molar-refractivity contribution in [2.45, 2.75) is 37.9 Å². The molecule has 1 heterocycles. The van der Waals surface area contributed by atoms with Crippen LogP contribution in [0.5, 0.6) is 5.75 Å². The van der Waals surface area contributed by atoms with E-state index in [1.54, 1.807) is 7.11 Å². The van der Waals surface area contributed by atoms with Crippen molar-refractivity contribution in [2.24, 2.45) is 0 Å². The lowest BCUT2D eigenvalue weighted by Gasteiger charge is -2.34. The minimum Gasteiger partial charge on any atom is -0.497 e. The highest BCUT2D eigenvalue weighted by atomic mass is 16.7. The van der Waals surface area contributed by atoms with Crippen molar-refractivity contribution in [1.29, 1.82) is 0 Å². The topological polar surface area (TPSA) is 57.2 Å². The summed E-state index contributed by atoms with van der Waals surface area (Å²) in [6.07, 6.45) is 0.301. The van der Waals surface area contributed by atoms with Gasteiger partial charge in [-0.2, -0.15) is 0 Å². The Morgan fingerprint density at radius 2 is 1.85 bits per heavy atom. The molecule has 0 spiro atoms. The van der Waals surface area contributed by atoms with Gasteiger partial charge in [-0.15, -0.1) is 0 Å². The predicted octanol–water partition coefficient (Wildman–Crippen LogP) is 3.47. The molecule has 26 heavy (non-hydrogen) atoms. The fraction of sp³-hybridized carbons (Fsp3) is 0.429. The van der Waals surface area contributed by atoms with Crippen LogP contribution in [-0.2, 0) is 20.8 Å². The summed E-state index contributed by atoms with van der Waals surface area (Å²) in [5, 5.41) is 10.1. The maximum Gasteiger partial charge on any atom is 0.184 e. The number of hydrogen-bond acceptors (Lipinski definition) is 5. The van der Waals surface area contributed by atoms with E-state index in [4.69, 9.17) is 18.9 Å². The Kier molecular flexibility index (Phi) is 7.03. The van der Waals surface area contributed by atoms with Crippen LogP contribution < -0.4 is 4.74 Å². The van der Waals surface area contributed by atoms with E-state index in [2.05, 4.69) is 0 Å². The molecule has 1 aliphatic rings. The van der Waals surface area contributed by atoms with Gasteiger partial charge >= 0.3 is 0 Å². The normalized spacial score (nSPS) is 22.9. The third-order valence-corrected chi connectivity index (χ3v) is 4.42. The molecule has 5 heteroatoms. The van der Waals surface area contributed by atoms with Gasteiger partial charge in [-0.05, 0) is 30.5 Å². The lowest BCUT2D eigenvalue weighted by Crippen LogP contribution is -2.40. The Morgan fingerprint density at radius 1 is 1.08 bits per heavy atom. The summed E-state index contributed by atoms with van der Waals surface area (Å²) in [5.74, 6) is 0.840. The number of methoxy groups -OCH3 is 1. The molecule has 3 rings (SSSR count). The minimum atomic E-state index is -0.600. The van der Waals surface area contributed by atoms with Gasteiger partial charge < -0.3 is 24.1 Å². The van der Waals surface area contributed by atoms with Crippen molar-refractivity contribution in [3.05, 3.63) is 65.7 Å². The SMILES string of the molecule is COc1ccc(COCCC[C@@H]2OC(c3ccccc3)OC[C@@H]2O)cc1. The average molecular weight is 358 g/mol. The molecule has 0 amide bonds. The summed E-state index contributed by atoms with van der Waals surface area (Å²) in [5.41, 5.74) is 2.08. The van der Waals surface area contributed by atoms with Gasteiger partial charge in [-0.3, -0.25) is 0 Å². The lowest BCUT2D eigenvalue weighted by atomic mass is 10.1. The summed E-state index contributed by atoms with van der Waals surface area (Å²) in [6.45, 7) is 1.47. The van der Waals surface area contributed by atoms with Crippen LogP contribution in [0, 0.1) is 0 Å². The zero-order valence-electron chi connectivity index (χ0n) is 15.0. The van der Waals surface area contributed by atoms with Crippen molar-refractivity contribution < 1.29 is 24.1 Å². The van der Waals surface area contributed by atoms with Gasteiger partial charge in [0.25, 0.3) is 0 Å². The number of benzene rings is 2. The standard InChI is InChI=1S/C21H26O5/c1-23-18-11-9-16(10-12-18)14-24-13-5-8-20-19(22)15-25-21(26-20)17-6-3-2-4-7-17/h2-4,6-7,9-12,19-22H,5,8,13-15H2,1H3/t19-,20-,21?/m0/s1. The van der Waals surface area contributed by atoms with E-state index in [1.807, 2.05) is 54.6 Å². The van der Waals surface area contributed by atoms with Crippen LogP contribution in [0.25, 0.3) is 0 Å². The molecule has 0 radical (unpaired) electrons. The molecule has 3 atom stereocenters. The first-order valence-electron chi connectivity index (χ1n) is 8.97. The van der Waals surface area contributed by atoms with Crippen molar-refractivity contribution in [2.75, 3.05) is 20.3 Å². The smallest absolute Gasteiger partial charge is 0.184 e. The van der Waals surface area contributed by atoms with Crippen LogP contribution in [0.4, 0.5) is 0 Å². The van der Waals surface area contributed by atoms with E-state index in [0.29, 0.717) is 13.2 Å². The molecule has 5 nitrogen and oxygen atoms in total. The fourth-order valence-electron chi connectivity index (χ4n) is 2.93. The Hall–Kier alpha value is -1.92. The van der Waals surface area contributed by atoms with Crippen LogP contribution in [0.3, 0.4) is 0 Å². The number of rotatable bonds is 8. The van der Waals surface area contributed by atoms with E-state index < -0.39 is 12.4 Å². The van der Waals surface area contributed by atoms with E-state index in [9.17, 15) is 5.11 Å². The van der Waals surface area contributed by atoms with E-state index >= 15 is 0 Å². The average Bonchev–Trinajstić information content (AvgIpc) is 2.70. The Bertz CT molecular complexity index is 643. The van der Waals surface area contributed by atoms with Crippen molar-refractivity contribution in [1.82, 2.24) is 0 Å². The van der Waals surface area contributed by atoms with Crippen LogP contribution >= 0.6 is 0 Å². The summed E-state index contributed by atoms with van der Waals surface area (Å²) >= 11 is 0. The first-order chi connectivity index (χ1) is 12.8. The maximum atomic E-state index is 10.1. The summed E-state index contributed by atoms with van der Waals surface area (Å²) in [4.78, 5) is 0. The molecule has 0 aromatic heterocycles. The van der Waals surface area contributed by atoms with E-state index in [-0.39, 0.29) is 12.7 Å². The van der Waals surface area contributed by atoms with Crippen molar-refractivity contribution in [3.63, 3.8) is 0 Å². The first kappa shape index (κ1) is 18.9. The van der Waals surface area contributed by atoms with Crippen LogP contribution in [0.15, 0.2) is 54.6 Å². The molecule has 2 aromatic carbocycles. The second kappa shape index (κ2) is 9.69. The monoisotopic (exact) mass is 358 g/mol. The predicted molar refractivity (Wildman–Crippen MR) is 97.9 cm³/mol. The molecule has 1 fully saturated rings. The Morgan fingerprint density at radius 3 is 2.58 bits per heavy atom. The number of ether oxygens (including phenoxy) is 4. The second-order valence-electron chi connectivity index (χ2n) is 6.36. The van der Waals surface area contributed by atoms with Gasteiger partial charge in [0.05, 0.1) is 26.4 Å². The summed E-state index contributed by atoms with van der Waals surface area (Å²) in [6, 6.07) is 17.6. The van der Waals surface area contributed by atoms with Gasteiger partial charge in [0.1, 0.15) is 11.9 Å². The van der Waals surface area contributed by atoms with Gasteiger partial charge in [0.2, 0.25) is 0 Å². The van der Waals surface area contributed by atoms with Crippen LogP contribution in [0.1, 0.15) is 30.3 Å². The van der Waals surface area contributed by atoms with Crippen LogP contribution in [0.2, 0.25) is 0 Å². The molecule has 140 valence electrons. The van der Waals surface area contributed by atoms with Gasteiger partial charge in [-0.1, -0.05) is 42.5 Å². The quantitative estimate of drug-likeness (QED) is 0.733. The molecular formula is C21H26O5. The molecule has 2 aromatic rings. The Balaban J connectivity index is 1.39. The highest BCUT2D eigenvalue weighted by molar-refractivity contribution is 5.26. The highest BCUT2D eigenvalue weighted by Gasteiger charge is 2.30. The molecule has 1 N–H and O–H groups in total. The zero-order chi connectivity index (χ0) is 18.2. The summed E-state index contributed by atoms with van der Waals surface area (Å²) in [7, 11) is 1.65. The maximum absolute atomic E-state index is 10.1. The van der Waals surface area contributed by atoms with Crippen molar-refractivity contribution in [3.8, 4) is 5.75 Å². The second-order valence-corrected chi connectivity index (χ2v) is 6.36. The fourth-order valence-corrected chi connectivity index (χ4v) is 2.93. The lowest BCUT2D eigenvalue weighted by molar-refractivity contribution is -0.258.